The van der Waals surface area contributed by atoms with Crippen molar-refractivity contribution in [2.45, 2.75) is 18.8 Å². The summed E-state index contributed by atoms with van der Waals surface area (Å²) >= 11 is 0. The van der Waals surface area contributed by atoms with Gasteiger partial charge in [0.15, 0.2) is 0 Å². The highest BCUT2D eigenvalue weighted by atomic mass is 16.4. The number of carboxylic acids is 1. The van der Waals surface area contributed by atoms with Gasteiger partial charge in [-0.05, 0) is 36.9 Å². The Bertz CT molecular complexity index is 400. The molecule has 0 spiro atoms. The molecule has 16 heavy (non-hydrogen) atoms. The van der Waals surface area contributed by atoms with E-state index in [2.05, 4.69) is 10.3 Å². The molecular formula is C11H15N3O2. The van der Waals surface area contributed by atoms with Crippen LogP contribution in [0.25, 0.3) is 0 Å². The molecule has 1 atom stereocenters. The van der Waals surface area contributed by atoms with Crippen LogP contribution < -0.4 is 11.1 Å². The number of hydrogen-bond acceptors (Lipinski definition) is 4. The van der Waals surface area contributed by atoms with E-state index in [9.17, 15) is 4.79 Å². The van der Waals surface area contributed by atoms with Crippen molar-refractivity contribution in [3.8, 4) is 0 Å². The van der Waals surface area contributed by atoms with E-state index in [-0.39, 0.29) is 17.3 Å². The van der Waals surface area contributed by atoms with E-state index in [1.54, 1.807) is 12.3 Å². The number of rotatable bonds is 2. The predicted octanol–water partition coefficient (Wildman–Crippen LogP) is 0.829. The average Bonchev–Trinajstić information content (AvgIpc) is 2.29. The maximum Gasteiger partial charge on any atom is 0.339 e. The Balaban J connectivity index is 2.38. The Morgan fingerprint density at radius 3 is 3.06 bits per heavy atom. The van der Waals surface area contributed by atoms with Crippen LogP contribution >= 0.6 is 0 Å². The third-order valence-corrected chi connectivity index (χ3v) is 2.96. The highest BCUT2D eigenvalue weighted by Crippen LogP contribution is 2.28. The van der Waals surface area contributed by atoms with Crippen molar-refractivity contribution in [3.63, 3.8) is 0 Å². The summed E-state index contributed by atoms with van der Waals surface area (Å²) in [7, 11) is 0. The van der Waals surface area contributed by atoms with Crippen molar-refractivity contribution >= 4 is 11.8 Å². The van der Waals surface area contributed by atoms with Gasteiger partial charge < -0.3 is 16.2 Å². The summed E-state index contributed by atoms with van der Waals surface area (Å²) in [5.74, 6) is -0.660. The van der Waals surface area contributed by atoms with Crippen LogP contribution in [0.3, 0.4) is 0 Å². The molecule has 0 aliphatic carbocycles. The normalized spacial score (nSPS) is 20.6. The Kier molecular flexibility index (Phi) is 3.05. The molecule has 5 nitrogen and oxygen atoms in total. The molecule has 5 heteroatoms. The standard InChI is InChI=1S/C11H15N3O2/c12-10-9(11(15)16)8(3-5-14-10)7-2-1-4-13-6-7/h3,5,7,13H,1-2,4,6H2,(H2,12,14)(H,15,16). The molecule has 1 aromatic rings. The molecule has 1 aromatic heterocycles. The van der Waals surface area contributed by atoms with E-state index in [4.69, 9.17) is 10.8 Å². The van der Waals surface area contributed by atoms with Crippen LogP contribution in [0, 0.1) is 0 Å². The zero-order valence-electron chi connectivity index (χ0n) is 8.94. The smallest absolute Gasteiger partial charge is 0.339 e. The first kappa shape index (κ1) is 10.9. The zero-order chi connectivity index (χ0) is 11.5. The molecule has 1 unspecified atom stereocenters. The van der Waals surface area contributed by atoms with Crippen molar-refractivity contribution in [2.75, 3.05) is 18.8 Å². The summed E-state index contributed by atoms with van der Waals surface area (Å²) in [6, 6.07) is 1.76. The first-order valence-electron chi connectivity index (χ1n) is 5.38. The second-order valence-electron chi connectivity index (χ2n) is 4.01. The summed E-state index contributed by atoms with van der Waals surface area (Å²) in [5, 5.41) is 12.4. The second kappa shape index (κ2) is 4.49. The Morgan fingerprint density at radius 1 is 1.62 bits per heavy atom. The van der Waals surface area contributed by atoms with Gasteiger partial charge in [0.2, 0.25) is 0 Å². The molecule has 0 saturated carbocycles. The monoisotopic (exact) mass is 221 g/mol. The molecule has 1 fully saturated rings. The van der Waals surface area contributed by atoms with Crippen LogP contribution in [0.15, 0.2) is 12.3 Å². The van der Waals surface area contributed by atoms with Crippen LogP contribution in [-0.4, -0.2) is 29.1 Å². The predicted molar refractivity (Wildman–Crippen MR) is 60.5 cm³/mol. The number of pyridine rings is 1. The first-order chi connectivity index (χ1) is 7.70. The van der Waals surface area contributed by atoms with E-state index in [1.807, 2.05) is 0 Å². The zero-order valence-corrected chi connectivity index (χ0v) is 8.94. The fourth-order valence-corrected chi connectivity index (χ4v) is 2.18. The number of aromatic nitrogens is 1. The molecule has 1 aliphatic rings. The number of carbonyl (C=O) groups is 1. The quantitative estimate of drug-likeness (QED) is 0.688. The number of nitrogen functional groups attached to an aromatic ring is 1. The lowest BCUT2D eigenvalue weighted by Crippen LogP contribution is -2.29. The Labute approximate surface area is 93.7 Å². The van der Waals surface area contributed by atoms with E-state index in [1.165, 1.54) is 0 Å². The van der Waals surface area contributed by atoms with E-state index < -0.39 is 5.97 Å². The number of hydrogen-bond donors (Lipinski definition) is 3. The summed E-state index contributed by atoms with van der Waals surface area (Å²) in [6.45, 7) is 1.81. The van der Waals surface area contributed by atoms with Gasteiger partial charge in [0.1, 0.15) is 11.4 Å². The number of nitrogens with zero attached hydrogens (tertiary/aromatic N) is 1. The van der Waals surface area contributed by atoms with Gasteiger partial charge in [0.05, 0.1) is 0 Å². The van der Waals surface area contributed by atoms with Crippen LogP contribution in [0.2, 0.25) is 0 Å². The molecule has 0 bridgehead atoms. The van der Waals surface area contributed by atoms with E-state index in [0.717, 1.165) is 31.5 Å². The molecule has 0 aromatic carbocycles. The summed E-state index contributed by atoms with van der Waals surface area (Å²) in [6.07, 6.45) is 3.63. The molecule has 0 amide bonds. The average molecular weight is 221 g/mol. The van der Waals surface area contributed by atoms with Crippen molar-refractivity contribution < 1.29 is 9.90 Å². The van der Waals surface area contributed by atoms with E-state index in [0.29, 0.717) is 0 Å². The highest BCUT2D eigenvalue weighted by molar-refractivity contribution is 5.94. The Morgan fingerprint density at radius 2 is 2.44 bits per heavy atom. The lowest BCUT2D eigenvalue weighted by atomic mass is 9.89. The van der Waals surface area contributed by atoms with Gasteiger partial charge in [-0.1, -0.05) is 0 Å². The van der Waals surface area contributed by atoms with Crippen LogP contribution in [0.1, 0.15) is 34.7 Å². The van der Waals surface area contributed by atoms with Gasteiger partial charge in [-0.25, -0.2) is 9.78 Å². The number of carboxylic acid groups (broad SMARTS) is 1. The molecule has 86 valence electrons. The van der Waals surface area contributed by atoms with Crippen molar-refractivity contribution in [1.82, 2.24) is 10.3 Å². The minimum atomic E-state index is -0.994. The molecule has 2 heterocycles. The number of nitrogens with one attached hydrogen (secondary N) is 1. The first-order valence-corrected chi connectivity index (χ1v) is 5.38. The maximum absolute atomic E-state index is 11.1. The van der Waals surface area contributed by atoms with Gasteiger partial charge in [0, 0.05) is 12.7 Å². The molecule has 2 rings (SSSR count). The largest absolute Gasteiger partial charge is 0.478 e. The van der Waals surface area contributed by atoms with Gasteiger partial charge in [0.25, 0.3) is 0 Å². The van der Waals surface area contributed by atoms with Gasteiger partial charge in [-0.2, -0.15) is 0 Å². The lowest BCUT2D eigenvalue weighted by Gasteiger charge is -2.24. The minimum absolute atomic E-state index is 0.107. The van der Waals surface area contributed by atoms with Crippen LogP contribution in [0.4, 0.5) is 5.82 Å². The van der Waals surface area contributed by atoms with Crippen molar-refractivity contribution in [2.24, 2.45) is 0 Å². The molecular weight excluding hydrogens is 206 g/mol. The van der Waals surface area contributed by atoms with Crippen molar-refractivity contribution in [3.05, 3.63) is 23.4 Å². The number of anilines is 1. The minimum Gasteiger partial charge on any atom is -0.478 e. The van der Waals surface area contributed by atoms with Crippen LogP contribution in [0.5, 0.6) is 0 Å². The molecule has 4 N–H and O–H groups in total. The Hall–Kier alpha value is -1.62. The molecule has 0 radical (unpaired) electrons. The van der Waals surface area contributed by atoms with E-state index >= 15 is 0 Å². The van der Waals surface area contributed by atoms with Crippen molar-refractivity contribution in [1.29, 1.82) is 0 Å². The van der Waals surface area contributed by atoms with Crippen LogP contribution in [-0.2, 0) is 0 Å². The maximum atomic E-state index is 11.1. The third-order valence-electron chi connectivity index (χ3n) is 2.96. The third kappa shape index (κ3) is 1.99. The summed E-state index contributed by atoms with van der Waals surface area (Å²) < 4.78 is 0. The fraction of sp³-hybridized carbons (Fsp3) is 0.455. The summed E-state index contributed by atoms with van der Waals surface area (Å²) in [4.78, 5) is 15.0. The topological polar surface area (TPSA) is 88.2 Å². The highest BCUT2D eigenvalue weighted by Gasteiger charge is 2.23. The molecule has 1 aliphatic heterocycles. The van der Waals surface area contributed by atoms with Gasteiger partial charge in [-0.15, -0.1) is 0 Å². The number of aromatic carboxylic acids is 1. The van der Waals surface area contributed by atoms with Gasteiger partial charge in [-0.3, -0.25) is 0 Å². The molecule has 1 saturated heterocycles. The number of nitrogens with two attached hydrogens (primary N) is 1. The SMILES string of the molecule is Nc1nccc(C2CCCNC2)c1C(=O)O. The second-order valence-corrected chi connectivity index (χ2v) is 4.01. The number of piperidine rings is 1. The lowest BCUT2D eigenvalue weighted by molar-refractivity contribution is 0.0695. The fourth-order valence-electron chi connectivity index (χ4n) is 2.18. The van der Waals surface area contributed by atoms with Gasteiger partial charge >= 0.3 is 5.97 Å². The summed E-state index contributed by atoms with van der Waals surface area (Å²) in [5.41, 5.74) is 6.58.